The number of carbonyl (C=O) groups is 1. The SMILES string of the molecule is COCC(Oc1ccc(C)cc1Br)C(=O)NN. The summed E-state index contributed by atoms with van der Waals surface area (Å²) in [4.78, 5) is 11.4. The van der Waals surface area contributed by atoms with Gasteiger partial charge in [-0.05, 0) is 40.5 Å². The predicted molar refractivity (Wildman–Crippen MR) is 67.5 cm³/mol. The molecular weight excluding hydrogens is 288 g/mol. The Hall–Kier alpha value is -1.11. The molecule has 3 N–H and O–H groups in total. The van der Waals surface area contributed by atoms with Gasteiger partial charge in [0.2, 0.25) is 6.10 Å². The van der Waals surface area contributed by atoms with E-state index in [1.165, 1.54) is 7.11 Å². The highest BCUT2D eigenvalue weighted by Gasteiger charge is 2.20. The van der Waals surface area contributed by atoms with E-state index < -0.39 is 12.0 Å². The normalized spacial score (nSPS) is 12.0. The van der Waals surface area contributed by atoms with Crippen molar-refractivity contribution in [2.45, 2.75) is 13.0 Å². The fourth-order valence-electron chi connectivity index (χ4n) is 1.26. The number of carbonyl (C=O) groups excluding carboxylic acids is 1. The van der Waals surface area contributed by atoms with Gasteiger partial charge in [0.15, 0.2) is 0 Å². The lowest BCUT2D eigenvalue weighted by Crippen LogP contribution is -2.44. The predicted octanol–water partition coefficient (Wildman–Crippen LogP) is 1.14. The van der Waals surface area contributed by atoms with Crippen molar-refractivity contribution in [1.29, 1.82) is 0 Å². The highest BCUT2D eigenvalue weighted by molar-refractivity contribution is 9.10. The van der Waals surface area contributed by atoms with Crippen LogP contribution in [0, 0.1) is 6.92 Å². The number of ether oxygens (including phenoxy) is 2. The van der Waals surface area contributed by atoms with Crippen LogP contribution in [0.2, 0.25) is 0 Å². The fourth-order valence-corrected chi connectivity index (χ4v) is 1.85. The van der Waals surface area contributed by atoms with Gasteiger partial charge in [-0.3, -0.25) is 10.2 Å². The number of hydrogen-bond acceptors (Lipinski definition) is 4. The summed E-state index contributed by atoms with van der Waals surface area (Å²) in [7, 11) is 1.49. The van der Waals surface area contributed by atoms with Crippen molar-refractivity contribution in [2.75, 3.05) is 13.7 Å². The van der Waals surface area contributed by atoms with Crippen LogP contribution >= 0.6 is 15.9 Å². The molecule has 5 nitrogen and oxygen atoms in total. The first-order chi connectivity index (χ1) is 8.08. The molecule has 94 valence electrons. The lowest BCUT2D eigenvalue weighted by atomic mass is 10.2. The number of hydrogen-bond donors (Lipinski definition) is 2. The minimum Gasteiger partial charge on any atom is -0.477 e. The Labute approximate surface area is 108 Å². The van der Waals surface area contributed by atoms with Gasteiger partial charge in [-0.15, -0.1) is 0 Å². The number of benzene rings is 1. The van der Waals surface area contributed by atoms with Crippen molar-refractivity contribution >= 4 is 21.8 Å². The van der Waals surface area contributed by atoms with Crippen molar-refractivity contribution in [2.24, 2.45) is 5.84 Å². The summed E-state index contributed by atoms with van der Waals surface area (Å²) in [5, 5.41) is 0. The van der Waals surface area contributed by atoms with Gasteiger partial charge in [0.25, 0.3) is 5.91 Å². The molecule has 1 amide bonds. The van der Waals surface area contributed by atoms with Gasteiger partial charge in [0, 0.05) is 7.11 Å². The average molecular weight is 303 g/mol. The summed E-state index contributed by atoms with van der Waals surface area (Å²) in [5.41, 5.74) is 3.14. The molecule has 1 unspecified atom stereocenters. The summed E-state index contributed by atoms with van der Waals surface area (Å²) in [6.45, 7) is 2.09. The van der Waals surface area contributed by atoms with Gasteiger partial charge in [0.05, 0.1) is 11.1 Å². The van der Waals surface area contributed by atoms with Crippen LogP contribution in [0.3, 0.4) is 0 Å². The van der Waals surface area contributed by atoms with Crippen LogP contribution in [0.25, 0.3) is 0 Å². The molecular formula is C11H15BrN2O3. The second-order valence-electron chi connectivity index (χ2n) is 3.50. The topological polar surface area (TPSA) is 73.6 Å². The van der Waals surface area contributed by atoms with Crippen molar-refractivity contribution in [3.63, 3.8) is 0 Å². The van der Waals surface area contributed by atoms with Gasteiger partial charge in [-0.1, -0.05) is 6.07 Å². The fraction of sp³-hybridized carbons (Fsp3) is 0.364. The number of rotatable bonds is 5. The number of nitrogens with two attached hydrogens (primary N) is 1. The highest BCUT2D eigenvalue weighted by Crippen LogP contribution is 2.26. The molecule has 0 radical (unpaired) electrons. The molecule has 0 aliphatic rings. The molecule has 0 saturated carbocycles. The zero-order chi connectivity index (χ0) is 12.8. The van der Waals surface area contributed by atoms with Crippen LogP contribution in [0.1, 0.15) is 5.56 Å². The van der Waals surface area contributed by atoms with E-state index in [0.29, 0.717) is 5.75 Å². The quantitative estimate of drug-likeness (QED) is 0.486. The van der Waals surface area contributed by atoms with Crippen LogP contribution in [-0.4, -0.2) is 25.7 Å². The van der Waals surface area contributed by atoms with Crippen LogP contribution in [-0.2, 0) is 9.53 Å². The van der Waals surface area contributed by atoms with Crippen LogP contribution in [0.5, 0.6) is 5.75 Å². The monoisotopic (exact) mass is 302 g/mol. The first-order valence-corrected chi connectivity index (χ1v) is 5.80. The average Bonchev–Trinajstić information content (AvgIpc) is 2.30. The van der Waals surface area contributed by atoms with Crippen LogP contribution in [0.15, 0.2) is 22.7 Å². The molecule has 0 aliphatic carbocycles. The zero-order valence-electron chi connectivity index (χ0n) is 9.70. The molecule has 1 aromatic rings. The Balaban J connectivity index is 2.82. The second-order valence-corrected chi connectivity index (χ2v) is 4.36. The Bertz CT molecular complexity index is 398. The van der Waals surface area contributed by atoms with E-state index in [1.807, 2.05) is 24.5 Å². The van der Waals surface area contributed by atoms with Crippen molar-refractivity contribution < 1.29 is 14.3 Å². The first kappa shape index (κ1) is 14.0. The van der Waals surface area contributed by atoms with E-state index in [4.69, 9.17) is 15.3 Å². The van der Waals surface area contributed by atoms with E-state index in [9.17, 15) is 4.79 Å². The Morgan fingerprint density at radius 2 is 2.29 bits per heavy atom. The lowest BCUT2D eigenvalue weighted by Gasteiger charge is -2.17. The third-order valence-corrected chi connectivity index (χ3v) is 2.73. The van der Waals surface area contributed by atoms with Crippen molar-refractivity contribution in [1.82, 2.24) is 5.43 Å². The third kappa shape index (κ3) is 3.99. The standard InChI is InChI=1S/C11H15BrN2O3/c1-7-3-4-9(8(12)5-7)17-10(6-16-2)11(15)14-13/h3-5,10H,6,13H2,1-2H3,(H,14,15). The second kappa shape index (κ2) is 6.58. The molecule has 0 bridgehead atoms. The summed E-state index contributed by atoms with van der Waals surface area (Å²) < 4.78 is 11.2. The maximum Gasteiger partial charge on any atom is 0.277 e. The minimum absolute atomic E-state index is 0.128. The number of amides is 1. The van der Waals surface area contributed by atoms with E-state index in [0.717, 1.165) is 10.0 Å². The highest BCUT2D eigenvalue weighted by atomic mass is 79.9. The molecule has 6 heteroatoms. The van der Waals surface area contributed by atoms with Crippen molar-refractivity contribution in [3.8, 4) is 5.75 Å². The molecule has 1 aromatic carbocycles. The summed E-state index contributed by atoms with van der Waals surface area (Å²) >= 11 is 3.37. The summed E-state index contributed by atoms with van der Waals surface area (Å²) in [5.74, 6) is 5.21. The molecule has 0 aliphatic heterocycles. The molecule has 1 rings (SSSR count). The molecule has 0 fully saturated rings. The number of halogens is 1. The van der Waals surface area contributed by atoms with Crippen LogP contribution in [0.4, 0.5) is 0 Å². The third-order valence-electron chi connectivity index (χ3n) is 2.11. The van der Waals surface area contributed by atoms with Crippen LogP contribution < -0.4 is 16.0 Å². The molecule has 0 heterocycles. The van der Waals surface area contributed by atoms with E-state index in [2.05, 4.69) is 15.9 Å². The molecule has 17 heavy (non-hydrogen) atoms. The maximum atomic E-state index is 11.4. The Kier molecular flexibility index (Phi) is 5.40. The van der Waals surface area contributed by atoms with E-state index >= 15 is 0 Å². The number of methoxy groups -OCH3 is 1. The molecule has 0 spiro atoms. The smallest absolute Gasteiger partial charge is 0.277 e. The van der Waals surface area contributed by atoms with E-state index in [-0.39, 0.29) is 6.61 Å². The largest absolute Gasteiger partial charge is 0.477 e. The van der Waals surface area contributed by atoms with Gasteiger partial charge in [0.1, 0.15) is 5.75 Å². The lowest BCUT2D eigenvalue weighted by molar-refractivity contribution is -0.130. The van der Waals surface area contributed by atoms with Gasteiger partial charge in [-0.2, -0.15) is 0 Å². The Morgan fingerprint density at radius 3 is 2.82 bits per heavy atom. The molecule has 0 aromatic heterocycles. The van der Waals surface area contributed by atoms with Gasteiger partial charge >= 0.3 is 0 Å². The number of nitrogens with one attached hydrogen (secondary N) is 1. The maximum absolute atomic E-state index is 11.4. The first-order valence-electron chi connectivity index (χ1n) is 5.00. The Morgan fingerprint density at radius 1 is 1.59 bits per heavy atom. The van der Waals surface area contributed by atoms with E-state index in [1.54, 1.807) is 6.07 Å². The number of aryl methyl sites for hydroxylation is 1. The summed E-state index contributed by atoms with van der Waals surface area (Å²) in [6.07, 6.45) is -0.774. The molecule has 1 atom stereocenters. The van der Waals surface area contributed by atoms with Gasteiger partial charge < -0.3 is 9.47 Å². The zero-order valence-corrected chi connectivity index (χ0v) is 11.3. The van der Waals surface area contributed by atoms with Crippen molar-refractivity contribution in [3.05, 3.63) is 28.2 Å². The molecule has 0 saturated heterocycles. The minimum atomic E-state index is -0.774. The number of hydrazine groups is 1. The van der Waals surface area contributed by atoms with Gasteiger partial charge in [-0.25, -0.2) is 5.84 Å². The summed E-state index contributed by atoms with van der Waals surface area (Å²) in [6, 6.07) is 5.58.